The fraction of sp³-hybridized carbons (Fsp3) is 0.889. The summed E-state index contributed by atoms with van der Waals surface area (Å²) in [5.74, 6) is 0. The van der Waals surface area contributed by atoms with E-state index in [1.54, 1.807) is 0 Å². The molecule has 2 aliphatic rings. The molecule has 74 valence electrons. The molecule has 0 bridgehead atoms. The van der Waals surface area contributed by atoms with Gasteiger partial charge in [0.1, 0.15) is 0 Å². The van der Waals surface area contributed by atoms with Gasteiger partial charge >= 0.3 is 6.09 Å². The summed E-state index contributed by atoms with van der Waals surface area (Å²) in [4.78, 5) is 12.3. The number of rotatable bonds is 0. The van der Waals surface area contributed by atoms with E-state index in [1.165, 1.54) is 17.7 Å². The Bertz CT molecular complexity index is 212. The average molecular weight is 184 g/mol. The van der Waals surface area contributed by atoms with Crippen molar-refractivity contribution in [3.63, 3.8) is 0 Å². The second kappa shape index (κ2) is 3.18. The molecule has 1 unspecified atom stereocenters. The van der Waals surface area contributed by atoms with Crippen molar-refractivity contribution >= 4 is 6.09 Å². The summed E-state index contributed by atoms with van der Waals surface area (Å²) in [7, 11) is 0. The van der Waals surface area contributed by atoms with Crippen molar-refractivity contribution < 1.29 is 9.90 Å². The van der Waals surface area contributed by atoms with Gasteiger partial charge in [0.05, 0.1) is 0 Å². The molecule has 2 fully saturated rings. The number of hydrogen-bond acceptors (Lipinski definition) is 2. The molecule has 0 radical (unpaired) electrons. The lowest BCUT2D eigenvalue weighted by Crippen LogP contribution is -2.50. The van der Waals surface area contributed by atoms with Crippen molar-refractivity contribution in [2.45, 2.75) is 31.2 Å². The van der Waals surface area contributed by atoms with E-state index < -0.39 is 6.09 Å². The summed E-state index contributed by atoms with van der Waals surface area (Å²) in [6.45, 7) is 2.43. The monoisotopic (exact) mass is 184 g/mol. The minimum Gasteiger partial charge on any atom is -0.465 e. The lowest BCUT2D eigenvalue weighted by molar-refractivity contribution is 0.148. The smallest absolute Gasteiger partial charge is 0.407 e. The number of nitrogens with one attached hydrogen (secondary N) is 1. The zero-order valence-electron chi connectivity index (χ0n) is 7.75. The van der Waals surface area contributed by atoms with E-state index >= 15 is 0 Å². The third kappa shape index (κ3) is 1.63. The van der Waals surface area contributed by atoms with Crippen LogP contribution in [0.3, 0.4) is 0 Å². The lowest BCUT2D eigenvalue weighted by atomic mass is 9.88. The molecule has 0 aliphatic carbocycles. The van der Waals surface area contributed by atoms with Crippen LogP contribution in [0.25, 0.3) is 0 Å². The highest BCUT2D eigenvalue weighted by atomic mass is 16.4. The first kappa shape index (κ1) is 8.81. The highest BCUT2D eigenvalue weighted by Gasteiger charge is 2.40. The Hall–Kier alpha value is -0.770. The van der Waals surface area contributed by atoms with Crippen molar-refractivity contribution in [1.29, 1.82) is 0 Å². The van der Waals surface area contributed by atoms with E-state index in [-0.39, 0.29) is 5.54 Å². The molecule has 1 atom stereocenters. The minimum absolute atomic E-state index is 0.122. The van der Waals surface area contributed by atoms with Crippen molar-refractivity contribution in [2.75, 3.05) is 19.6 Å². The molecule has 2 rings (SSSR count). The molecule has 0 aromatic carbocycles. The fourth-order valence-electron chi connectivity index (χ4n) is 2.41. The second-order valence-corrected chi connectivity index (χ2v) is 4.12. The van der Waals surface area contributed by atoms with Gasteiger partial charge in [-0.25, -0.2) is 4.79 Å². The summed E-state index contributed by atoms with van der Waals surface area (Å²) in [6, 6.07) is 0. The highest BCUT2D eigenvalue weighted by Crippen LogP contribution is 2.29. The van der Waals surface area contributed by atoms with Crippen LogP contribution in [-0.2, 0) is 0 Å². The van der Waals surface area contributed by atoms with Crippen molar-refractivity contribution in [3.05, 3.63) is 0 Å². The third-order valence-electron chi connectivity index (χ3n) is 3.21. The molecule has 0 aromatic heterocycles. The van der Waals surface area contributed by atoms with E-state index in [2.05, 4.69) is 5.32 Å². The summed E-state index contributed by atoms with van der Waals surface area (Å²) in [5.41, 5.74) is 0.122. The Morgan fingerprint density at radius 2 is 2.23 bits per heavy atom. The first-order chi connectivity index (χ1) is 6.22. The second-order valence-electron chi connectivity index (χ2n) is 4.12. The zero-order valence-corrected chi connectivity index (χ0v) is 7.75. The van der Waals surface area contributed by atoms with Crippen LogP contribution in [0.15, 0.2) is 0 Å². The third-order valence-corrected chi connectivity index (χ3v) is 3.21. The molecule has 4 heteroatoms. The molecular weight excluding hydrogens is 168 g/mol. The number of piperidine rings is 1. The Morgan fingerprint density at radius 1 is 1.38 bits per heavy atom. The van der Waals surface area contributed by atoms with Crippen LogP contribution < -0.4 is 5.32 Å². The number of carboxylic acid groups (broad SMARTS) is 1. The molecule has 1 spiro atoms. The van der Waals surface area contributed by atoms with Crippen LogP contribution in [0.5, 0.6) is 0 Å². The van der Waals surface area contributed by atoms with Gasteiger partial charge in [-0.3, -0.25) is 0 Å². The molecule has 2 saturated heterocycles. The molecule has 2 N–H and O–H groups in total. The Morgan fingerprint density at radius 3 is 2.77 bits per heavy atom. The summed E-state index contributed by atoms with van der Waals surface area (Å²) >= 11 is 0. The Balaban J connectivity index is 1.98. The molecule has 2 heterocycles. The van der Waals surface area contributed by atoms with Crippen LogP contribution in [0.1, 0.15) is 25.7 Å². The predicted octanol–water partition coefficient (Wildman–Crippen LogP) is 0.882. The van der Waals surface area contributed by atoms with Gasteiger partial charge in [0.25, 0.3) is 0 Å². The summed E-state index contributed by atoms with van der Waals surface area (Å²) < 4.78 is 0. The standard InChI is InChI=1S/C9H16N2O2/c12-8(13)11-6-4-9(7-11)3-1-2-5-10-9/h10H,1-7H2,(H,12,13). The van der Waals surface area contributed by atoms with E-state index in [1.807, 2.05) is 0 Å². The van der Waals surface area contributed by atoms with Gasteiger partial charge < -0.3 is 15.3 Å². The van der Waals surface area contributed by atoms with Gasteiger partial charge in [-0.1, -0.05) is 6.42 Å². The SMILES string of the molecule is O=C(O)N1CCC2(CCCCN2)C1. The quantitative estimate of drug-likeness (QED) is 0.587. The van der Waals surface area contributed by atoms with Gasteiger partial charge in [0.15, 0.2) is 0 Å². The van der Waals surface area contributed by atoms with Gasteiger partial charge in [0.2, 0.25) is 0 Å². The van der Waals surface area contributed by atoms with E-state index in [0.717, 1.165) is 19.4 Å². The maximum atomic E-state index is 10.7. The Kier molecular flexibility index (Phi) is 2.15. The summed E-state index contributed by atoms with van der Waals surface area (Å²) in [5, 5.41) is 12.3. The number of hydrogen-bond donors (Lipinski definition) is 2. The van der Waals surface area contributed by atoms with Crippen LogP contribution >= 0.6 is 0 Å². The van der Waals surface area contributed by atoms with Gasteiger partial charge in [-0.15, -0.1) is 0 Å². The first-order valence-corrected chi connectivity index (χ1v) is 4.95. The number of carbonyl (C=O) groups is 1. The van der Waals surface area contributed by atoms with Crippen LogP contribution in [0, 0.1) is 0 Å². The van der Waals surface area contributed by atoms with Crippen LogP contribution in [0.4, 0.5) is 4.79 Å². The molecule has 0 aromatic rings. The minimum atomic E-state index is -0.774. The topological polar surface area (TPSA) is 52.6 Å². The zero-order chi connectivity index (χ0) is 9.31. The molecular formula is C9H16N2O2. The molecule has 4 nitrogen and oxygen atoms in total. The van der Waals surface area contributed by atoms with Gasteiger partial charge in [-0.05, 0) is 25.8 Å². The highest BCUT2D eigenvalue weighted by molar-refractivity contribution is 5.65. The lowest BCUT2D eigenvalue weighted by Gasteiger charge is -2.34. The molecule has 1 amide bonds. The molecule has 2 aliphatic heterocycles. The maximum absolute atomic E-state index is 10.7. The summed E-state index contributed by atoms with van der Waals surface area (Å²) in [6.07, 6.45) is 3.81. The molecule has 0 saturated carbocycles. The number of nitrogens with zero attached hydrogens (tertiary/aromatic N) is 1. The van der Waals surface area contributed by atoms with Crippen molar-refractivity contribution in [3.8, 4) is 0 Å². The fourth-order valence-corrected chi connectivity index (χ4v) is 2.41. The largest absolute Gasteiger partial charge is 0.465 e. The Labute approximate surface area is 77.9 Å². The number of amides is 1. The van der Waals surface area contributed by atoms with E-state index in [4.69, 9.17) is 5.11 Å². The van der Waals surface area contributed by atoms with E-state index in [0.29, 0.717) is 13.1 Å². The normalized spacial score (nSPS) is 34.0. The number of likely N-dealkylation sites (tertiary alicyclic amines) is 1. The predicted molar refractivity (Wildman–Crippen MR) is 48.8 cm³/mol. The van der Waals surface area contributed by atoms with Crippen molar-refractivity contribution in [1.82, 2.24) is 10.2 Å². The maximum Gasteiger partial charge on any atom is 0.407 e. The van der Waals surface area contributed by atoms with Gasteiger partial charge in [-0.2, -0.15) is 0 Å². The average Bonchev–Trinajstić information content (AvgIpc) is 2.51. The van der Waals surface area contributed by atoms with Crippen molar-refractivity contribution in [2.24, 2.45) is 0 Å². The van der Waals surface area contributed by atoms with Crippen LogP contribution in [0.2, 0.25) is 0 Å². The van der Waals surface area contributed by atoms with Gasteiger partial charge in [0, 0.05) is 18.6 Å². The first-order valence-electron chi connectivity index (χ1n) is 4.95. The van der Waals surface area contributed by atoms with Crippen LogP contribution in [-0.4, -0.2) is 41.3 Å². The van der Waals surface area contributed by atoms with E-state index in [9.17, 15) is 4.79 Å². The molecule has 13 heavy (non-hydrogen) atoms.